The Balaban J connectivity index is 2.65. The van der Waals surface area contributed by atoms with Gasteiger partial charge in [-0.05, 0) is 19.1 Å². The van der Waals surface area contributed by atoms with Crippen molar-refractivity contribution in [3.8, 4) is 0 Å². The van der Waals surface area contributed by atoms with Crippen LogP contribution in [-0.2, 0) is 10.0 Å². The molecule has 7 heteroatoms. The molecule has 0 saturated heterocycles. The predicted octanol–water partition coefficient (Wildman–Crippen LogP) is 0.590. The summed E-state index contributed by atoms with van der Waals surface area (Å²) in [5.41, 5.74) is 8.28. The molecule has 0 aliphatic heterocycles. The molecule has 0 amide bonds. The molecule has 0 aliphatic rings. The Morgan fingerprint density at radius 1 is 1.39 bits per heavy atom. The third kappa shape index (κ3) is 4.99. The number of hydrogen-bond acceptors (Lipinski definition) is 4. The van der Waals surface area contributed by atoms with Crippen LogP contribution in [0.15, 0.2) is 18.2 Å². The Morgan fingerprint density at radius 3 is 2.61 bits per heavy atom. The Bertz CT molecular complexity index is 541. The van der Waals surface area contributed by atoms with Gasteiger partial charge in [-0.25, -0.2) is 13.1 Å². The summed E-state index contributed by atoms with van der Waals surface area (Å²) in [6.07, 6.45) is 1.12. The van der Waals surface area contributed by atoms with Gasteiger partial charge in [-0.2, -0.15) is 0 Å². The lowest BCUT2D eigenvalue weighted by molar-refractivity contribution is 0.589. The first-order chi connectivity index (χ1) is 8.29. The SMILES string of the molecule is Cc1ccc(NCCNS(C)(=O)=O)c(C(N)=S)c1. The molecule has 0 fully saturated rings. The molecule has 0 heterocycles. The molecule has 0 aliphatic carbocycles. The minimum Gasteiger partial charge on any atom is -0.389 e. The second kappa shape index (κ2) is 6.12. The molecule has 5 nitrogen and oxygen atoms in total. The van der Waals surface area contributed by atoms with Gasteiger partial charge in [-0.3, -0.25) is 0 Å². The summed E-state index contributed by atoms with van der Waals surface area (Å²) in [6.45, 7) is 2.73. The van der Waals surface area contributed by atoms with Crippen LogP contribution in [0.4, 0.5) is 5.69 Å². The van der Waals surface area contributed by atoms with Crippen LogP contribution in [0, 0.1) is 6.92 Å². The van der Waals surface area contributed by atoms with E-state index in [0.717, 1.165) is 23.1 Å². The second-order valence-corrected chi connectivity index (χ2v) is 6.28. The fraction of sp³-hybridized carbons (Fsp3) is 0.364. The number of thiocarbonyl (C=S) groups is 1. The van der Waals surface area contributed by atoms with Gasteiger partial charge < -0.3 is 11.1 Å². The van der Waals surface area contributed by atoms with Crippen LogP contribution in [0.25, 0.3) is 0 Å². The molecule has 4 N–H and O–H groups in total. The van der Waals surface area contributed by atoms with Crippen LogP contribution in [0.5, 0.6) is 0 Å². The van der Waals surface area contributed by atoms with Crippen LogP contribution >= 0.6 is 12.2 Å². The molecule has 100 valence electrons. The van der Waals surface area contributed by atoms with Crippen LogP contribution in [0.2, 0.25) is 0 Å². The molecule has 1 aromatic carbocycles. The van der Waals surface area contributed by atoms with E-state index in [-0.39, 0.29) is 0 Å². The standard InChI is InChI=1S/C11H17N3O2S2/c1-8-3-4-10(9(7-8)11(12)17)13-5-6-14-18(2,15)16/h3-4,7,13-14H,5-6H2,1-2H3,(H2,12,17). The van der Waals surface area contributed by atoms with Gasteiger partial charge >= 0.3 is 0 Å². The quantitative estimate of drug-likeness (QED) is 0.527. The van der Waals surface area contributed by atoms with Crippen molar-refractivity contribution in [3.05, 3.63) is 29.3 Å². The van der Waals surface area contributed by atoms with Gasteiger partial charge in [0, 0.05) is 24.3 Å². The van der Waals surface area contributed by atoms with E-state index in [9.17, 15) is 8.42 Å². The minimum atomic E-state index is -3.15. The molecule has 18 heavy (non-hydrogen) atoms. The largest absolute Gasteiger partial charge is 0.389 e. The third-order valence-corrected chi connectivity index (χ3v) is 3.19. The fourth-order valence-corrected chi connectivity index (χ4v) is 2.09. The van der Waals surface area contributed by atoms with Gasteiger partial charge in [-0.15, -0.1) is 0 Å². The molecule has 0 aromatic heterocycles. The summed E-state index contributed by atoms with van der Waals surface area (Å²) in [6, 6.07) is 5.72. The van der Waals surface area contributed by atoms with Crippen molar-refractivity contribution in [2.24, 2.45) is 5.73 Å². The van der Waals surface area contributed by atoms with E-state index in [1.54, 1.807) is 0 Å². The molecule has 0 spiro atoms. The Morgan fingerprint density at radius 2 is 2.06 bits per heavy atom. The predicted molar refractivity (Wildman–Crippen MR) is 78.4 cm³/mol. The average Bonchev–Trinajstić information content (AvgIpc) is 2.24. The average molecular weight is 287 g/mol. The fourth-order valence-electron chi connectivity index (χ4n) is 1.45. The first kappa shape index (κ1) is 14.9. The minimum absolute atomic E-state index is 0.309. The Kier molecular flexibility index (Phi) is 5.06. The molecule has 0 saturated carbocycles. The van der Waals surface area contributed by atoms with Crippen molar-refractivity contribution in [1.82, 2.24) is 4.72 Å². The number of hydrogen-bond donors (Lipinski definition) is 3. The molecule has 1 rings (SSSR count). The summed E-state index contributed by atoms with van der Waals surface area (Å²) in [4.78, 5) is 0.317. The van der Waals surface area contributed by atoms with Gasteiger partial charge in [0.25, 0.3) is 0 Å². The lowest BCUT2D eigenvalue weighted by Gasteiger charge is -2.12. The van der Waals surface area contributed by atoms with Crippen molar-refractivity contribution < 1.29 is 8.42 Å². The van der Waals surface area contributed by atoms with E-state index >= 15 is 0 Å². The van der Waals surface area contributed by atoms with Gasteiger partial charge in [0.15, 0.2) is 0 Å². The normalized spacial score (nSPS) is 11.2. The Labute approximate surface area is 113 Å². The summed E-state index contributed by atoms with van der Waals surface area (Å²) >= 11 is 4.97. The maximum Gasteiger partial charge on any atom is 0.208 e. The number of benzene rings is 1. The molecule has 0 unspecified atom stereocenters. The number of aryl methyl sites for hydroxylation is 1. The van der Waals surface area contributed by atoms with E-state index in [4.69, 9.17) is 18.0 Å². The summed E-state index contributed by atoms with van der Waals surface area (Å²) in [5, 5.41) is 3.10. The summed E-state index contributed by atoms with van der Waals surface area (Å²) < 4.78 is 24.2. The van der Waals surface area contributed by atoms with Crippen molar-refractivity contribution in [2.75, 3.05) is 24.7 Å². The van der Waals surface area contributed by atoms with E-state index < -0.39 is 10.0 Å². The highest BCUT2D eigenvalue weighted by Crippen LogP contribution is 2.16. The number of nitrogens with one attached hydrogen (secondary N) is 2. The molecule has 0 atom stereocenters. The molecular weight excluding hydrogens is 270 g/mol. The number of rotatable bonds is 6. The number of anilines is 1. The lowest BCUT2D eigenvalue weighted by Crippen LogP contribution is -2.28. The molecular formula is C11H17N3O2S2. The first-order valence-electron chi connectivity index (χ1n) is 5.38. The zero-order valence-corrected chi connectivity index (χ0v) is 12.0. The van der Waals surface area contributed by atoms with Crippen molar-refractivity contribution in [3.63, 3.8) is 0 Å². The molecule has 0 bridgehead atoms. The second-order valence-electron chi connectivity index (χ2n) is 4.01. The van der Waals surface area contributed by atoms with Crippen molar-refractivity contribution >= 4 is 32.9 Å². The lowest BCUT2D eigenvalue weighted by atomic mass is 10.1. The van der Waals surface area contributed by atoms with E-state index in [0.29, 0.717) is 18.1 Å². The monoisotopic (exact) mass is 287 g/mol. The maximum absolute atomic E-state index is 10.9. The van der Waals surface area contributed by atoms with Crippen LogP contribution in [0.1, 0.15) is 11.1 Å². The molecule has 1 aromatic rings. The maximum atomic E-state index is 10.9. The topological polar surface area (TPSA) is 84.2 Å². The van der Waals surface area contributed by atoms with Gasteiger partial charge in [0.05, 0.1) is 6.26 Å². The van der Waals surface area contributed by atoms with Gasteiger partial charge in [0.2, 0.25) is 10.0 Å². The van der Waals surface area contributed by atoms with Gasteiger partial charge in [0.1, 0.15) is 4.99 Å². The highest BCUT2D eigenvalue weighted by Gasteiger charge is 2.05. The zero-order chi connectivity index (χ0) is 13.8. The zero-order valence-electron chi connectivity index (χ0n) is 10.4. The van der Waals surface area contributed by atoms with E-state index in [1.807, 2.05) is 25.1 Å². The number of nitrogens with two attached hydrogens (primary N) is 1. The van der Waals surface area contributed by atoms with Crippen molar-refractivity contribution in [1.29, 1.82) is 0 Å². The smallest absolute Gasteiger partial charge is 0.208 e. The summed E-state index contributed by atoms with van der Waals surface area (Å²) in [7, 11) is -3.15. The van der Waals surface area contributed by atoms with Crippen LogP contribution in [-0.4, -0.2) is 32.8 Å². The highest BCUT2D eigenvalue weighted by molar-refractivity contribution is 7.88. The Hall–Kier alpha value is -1.18. The van der Waals surface area contributed by atoms with Crippen LogP contribution in [0.3, 0.4) is 0 Å². The first-order valence-corrected chi connectivity index (χ1v) is 7.68. The van der Waals surface area contributed by atoms with E-state index in [2.05, 4.69) is 10.0 Å². The van der Waals surface area contributed by atoms with Gasteiger partial charge in [-0.1, -0.05) is 23.8 Å². The summed E-state index contributed by atoms with van der Waals surface area (Å²) in [5.74, 6) is 0. The van der Waals surface area contributed by atoms with Crippen LogP contribution < -0.4 is 15.8 Å². The molecule has 0 radical (unpaired) electrons. The third-order valence-electron chi connectivity index (χ3n) is 2.25. The number of sulfonamides is 1. The van der Waals surface area contributed by atoms with E-state index in [1.165, 1.54) is 0 Å². The van der Waals surface area contributed by atoms with Crippen molar-refractivity contribution in [2.45, 2.75) is 6.92 Å². The highest BCUT2D eigenvalue weighted by atomic mass is 32.2.